The Morgan fingerprint density at radius 3 is 2.30 bits per heavy atom. The molecule has 1 aromatic rings. The smallest absolute Gasteiger partial charge is 0.437 e. The van der Waals surface area contributed by atoms with Crippen molar-refractivity contribution in [1.29, 1.82) is 5.41 Å². The van der Waals surface area contributed by atoms with Crippen LogP contribution in [0.15, 0.2) is 47.5 Å². The van der Waals surface area contributed by atoms with Gasteiger partial charge in [-0.3, -0.25) is 35.2 Å². The van der Waals surface area contributed by atoms with Crippen LogP contribution < -0.4 is 10.6 Å². The van der Waals surface area contributed by atoms with E-state index in [1.165, 1.54) is 0 Å². The molecule has 0 aliphatic carbocycles. The standard InChI is InChI=1S/C19H23N3O5.C11H19N3O3/c1-22-13-17(24)26-12-8-3-2-7-11-16(23)20-18(22)21-19(25)27-14-15-9-5-4-6-10-15;1-14-8-10(16)17-7-5-3-2-4-6-9(15)13-11(14)12/h2-6,9-10H,7-8,11-14H2,1H3,(H,20,21,23,25);2-8H2,1H3,(H2,12,13,15)/b3-2+;/i2*1D3. The van der Waals surface area contributed by atoms with Gasteiger partial charge in [-0.25, -0.2) is 4.79 Å². The highest BCUT2D eigenvalue weighted by Crippen LogP contribution is 2.05. The molecule has 2 heterocycles. The number of allylic oxidation sites excluding steroid dienone is 1. The van der Waals surface area contributed by atoms with Crippen LogP contribution in [0.5, 0.6) is 0 Å². The number of hydrogen-bond donors (Lipinski definition) is 3. The Labute approximate surface area is 265 Å². The second-order valence-electron chi connectivity index (χ2n) is 9.50. The summed E-state index contributed by atoms with van der Waals surface area (Å²) in [5.74, 6) is -3.74. The van der Waals surface area contributed by atoms with Gasteiger partial charge in [-0.15, -0.1) is 4.99 Å². The minimum absolute atomic E-state index is 0.0399. The first kappa shape index (κ1) is 26.8. The number of esters is 2. The van der Waals surface area contributed by atoms with E-state index in [1.807, 2.05) is 0 Å². The second-order valence-corrected chi connectivity index (χ2v) is 9.50. The number of likely N-dealkylation sites (N-methyl/N-ethyl adjacent to an activating group) is 2. The summed E-state index contributed by atoms with van der Waals surface area (Å²) < 4.78 is 59.9. The molecular formula is C30H42N6O8. The lowest BCUT2D eigenvalue weighted by Gasteiger charge is -2.20. The molecule has 3 rings (SSSR count). The molecule has 14 heteroatoms. The van der Waals surface area contributed by atoms with Crippen LogP contribution in [0.25, 0.3) is 0 Å². The summed E-state index contributed by atoms with van der Waals surface area (Å²) in [6, 6.07) is 8.80. The summed E-state index contributed by atoms with van der Waals surface area (Å²) >= 11 is 0. The van der Waals surface area contributed by atoms with Crippen molar-refractivity contribution < 1.29 is 46.4 Å². The Morgan fingerprint density at radius 2 is 1.55 bits per heavy atom. The second kappa shape index (κ2) is 20.2. The van der Waals surface area contributed by atoms with Crippen LogP contribution in [0.4, 0.5) is 4.79 Å². The normalized spacial score (nSPS) is 22.4. The van der Waals surface area contributed by atoms with E-state index in [-0.39, 0.29) is 32.7 Å². The van der Waals surface area contributed by atoms with Crippen LogP contribution in [-0.4, -0.2) is 91.8 Å². The summed E-state index contributed by atoms with van der Waals surface area (Å²) in [6.07, 6.45) is 6.48. The van der Waals surface area contributed by atoms with Crippen molar-refractivity contribution in [2.24, 2.45) is 4.99 Å². The minimum atomic E-state index is -2.87. The molecule has 0 aromatic heterocycles. The number of hydrogen-bond acceptors (Lipinski definition) is 9. The van der Waals surface area contributed by atoms with Crippen LogP contribution in [0.3, 0.4) is 0 Å². The lowest BCUT2D eigenvalue weighted by atomic mass is 10.1. The van der Waals surface area contributed by atoms with E-state index in [9.17, 15) is 24.0 Å². The van der Waals surface area contributed by atoms with Gasteiger partial charge in [-0.1, -0.05) is 55.3 Å². The molecule has 0 saturated carbocycles. The maximum Gasteiger partial charge on any atom is 0.437 e. The van der Waals surface area contributed by atoms with E-state index in [1.54, 1.807) is 42.5 Å². The fourth-order valence-electron chi connectivity index (χ4n) is 3.56. The van der Waals surface area contributed by atoms with Crippen LogP contribution in [0.1, 0.15) is 65.2 Å². The van der Waals surface area contributed by atoms with Crippen molar-refractivity contribution in [2.75, 3.05) is 40.3 Å². The zero-order valence-corrected chi connectivity index (χ0v) is 24.3. The molecule has 0 spiro atoms. The van der Waals surface area contributed by atoms with E-state index in [0.29, 0.717) is 41.0 Å². The van der Waals surface area contributed by atoms with Crippen molar-refractivity contribution in [2.45, 2.75) is 58.0 Å². The lowest BCUT2D eigenvalue weighted by molar-refractivity contribution is -0.144. The fourth-order valence-corrected chi connectivity index (χ4v) is 3.56. The van der Waals surface area contributed by atoms with Crippen molar-refractivity contribution in [1.82, 2.24) is 20.4 Å². The molecule has 2 aliphatic rings. The number of nitrogens with zero attached hydrogens (tertiary/aromatic N) is 3. The van der Waals surface area contributed by atoms with Gasteiger partial charge in [-0.2, -0.15) is 0 Å². The number of amides is 3. The van der Waals surface area contributed by atoms with Crippen molar-refractivity contribution in [3.05, 3.63) is 48.0 Å². The molecule has 2 aliphatic heterocycles. The Morgan fingerprint density at radius 1 is 0.886 bits per heavy atom. The van der Waals surface area contributed by atoms with E-state index in [0.717, 1.165) is 12.8 Å². The first-order valence-electron chi connectivity index (χ1n) is 17.1. The number of cyclic esters (lactones) is 2. The van der Waals surface area contributed by atoms with Crippen molar-refractivity contribution >= 4 is 41.8 Å². The molecule has 3 N–H and O–H groups in total. The predicted molar refractivity (Wildman–Crippen MR) is 161 cm³/mol. The third-order valence-electron chi connectivity index (χ3n) is 5.82. The molecular weight excluding hydrogens is 572 g/mol. The monoisotopic (exact) mass is 620 g/mol. The van der Waals surface area contributed by atoms with Gasteiger partial charge in [-0.05, 0) is 31.2 Å². The van der Waals surface area contributed by atoms with Gasteiger partial charge in [0.2, 0.25) is 17.8 Å². The summed E-state index contributed by atoms with van der Waals surface area (Å²) in [5, 5.41) is 12.1. The van der Waals surface area contributed by atoms with Gasteiger partial charge in [0.05, 0.1) is 13.2 Å². The molecule has 0 radical (unpaired) electrons. The van der Waals surface area contributed by atoms with E-state index >= 15 is 0 Å². The first-order chi connectivity index (χ1) is 23.6. The number of rotatable bonds is 2. The van der Waals surface area contributed by atoms with E-state index in [2.05, 4.69) is 15.6 Å². The molecule has 14 nitrogen and oxygen atoms in total. The molecule has 0 bridgehead atoms. The number of carbonyl (C=O) groups is 5. The predicted octanol–water partition coefficient (Wildman–Crippen LogP) is 2.49. The number of benzene rings is 1. The van der Waals surface area contributed by atoms with Crippen LogP contribution in [0.2, 0.25) is 0 Å². The number of ether oxygens (including phenoxy) is 3. The number of aliphatic imine (C=N–C) groups is 1. The Bertz CT molecular complexity index is 1390. The van der Waals surface area contributed by atoms with Gasteiger partial charge in [0.1, 0.15) is 19.7 Å². The highest BCUT2D eigenvalue weighted by Gasteiger charge is 2.18. The van der Waals surface area contributed by atoms with E-state index in [4.69, 9.17) is 27.8 Å². The van der Waals surface area contributed by atoms with Gasteiger partial charge in [0.15, 0.2) is 5.96 Å². The molecule has 1 fully saturated rings. The van der Waals surface area contributed by atoms with Crippen LogP contribution in [-0.2, 0) is 40.0 Å². The summed E-state index contributed by atoms with van der Waals surface area (Å²) in [5.41, 5.74) is 0.702. The molecule has 1 saturated heterocycles. The molecule has 3 amide bonds. The van der Waals surface area contributed by atoms with Crippen LogP contribution in [0, 0.1) is 5.41 Å². The molecule has 44 heavy (non-hydrogen) atoms. The molecule has 0 unspecified atom stereocenters. The van der Waals surface area contributed by atoms with Gasteiger partial charge in [0, 0.05) is 35.0 Å². The number of carbonyl (C=O) groups excluding carboxylic acids is 5. The maximum atomic E-state index is 12.2. The highest BCUT2D eigenvalue weighted by molar-refractivity contribution is 6.01. The molecule has 1 aromatic carbocycles. The Kier molecular flexibility index (Phi) is 12.3. The van der Waals surface area contributed by atoms with Crippen molar-refractivity contribution in [3.8, 4) is 0 Å². The van der Waals surface area contributed by atoms with Crippen LogP contribution >= 0.6 is 0 Å². The minimum Gasteiger partial charge on any atom is -0.464 e. The third kappa shape index (κ3) is 15.5. The Balaban J connectivity index is 0.000000377. The highest BCUT2D eigenvalue weighted by atomic mass is 16.5. The summed E-state index contributed by atoms with van der Waals surface area (Å²) in [6.45, 7) is -6.68. The average Bonchev–Trinajstić information content (AvgIpc) is 3.05. The summed E-state index contributed by atoms with van der Waals surface area (Å²) in [4.78, 5) is 64.2. The average molecular weight is 621 g/mol. The van der Waals surface area contributed by atoms with E-state index < -0.39 is 68.8 Å². The van der Waals surface area contributed by atoms with Gasteiger partial charge < -0.3 is 24.0 Å². The Hall–Kier alpha value is -4.75. The molecule has 0 atom stereocenters. The topological polar surface area (TPSA) is 180 Å². The van der Waals surface area contributed by atoms with Gasteiger partial charge in [0.25, 0.3) is 0 Å². The summed E-state index contributed by atoms with van der Waals surface area (Å²) in [7, 11) is 0. The molecule has 240 valence electrons. The largest absolute Gasteiger partial charge is 0.464 e. The zero-order valence-electron chi connectivity index (χ0n) is 30.3. The fraction of sp³-hybridized carbons (Fsp3) is 0.500. The maximum absolute atomic E-state index is 12.2. The van der Waals surface area contributed by atoms with Gasteiger partial charge >= 0.3 is 18.0 Å². The first-order valence-corrected chi connectivity index (χ1v) is 14.1. The number of guanidine groups is 2. The van der Waals surface area contributed by atoms with Crippen molar-refractivity contribution in [3.63, 3.8) is 0 Å². The zero-order chi connectivity index (χ0) is 37.2. The SMILES string of the molecule is [2H]C([2H])([2H])N1CC(=O)OCC/C=C/CCC(=O)NC1=NC(=O)OCc1ccccc1.[2H]C([2H])([2H])N1CC(=O)OCCCCCCC(=O)NC1=N. The quantitative estimate of drug-likeness (QED) is 0.253. The number of nitrogens with one attached hydrogen (secondary N) is 3. The lowest BCUT2D eigenvalue weighted by Crippen LogP contribution is -2.45. The third-order valence-corrected chi connectivity index (χ3v) is 5.82.